The molecule has 0 saturated heterocycles. The van der Waals surface area contributed by atoms with Gasteiger partial charge in [-0.25, -0.2) is 4.39 Å². The Morgan fingerprint density at radius 2 is 2.00 bits per heavy atom. The van der Waals surface area contributed by atoms with E-state index in [9.17, 15) is 9.65 Å². The number of hydrogen-bond acceptors (Lipinski definition) is 3. The summed E-state index contributed by atoms with van der Waals surface area (Å²) in [5.74, 6) is 0.289. The number of hydrogen-bond donors (Lipinski definition) is 1. The predicted molar refractivity (Wildman–Crippen MR) is 78.4 cm³/mol. The fraction of sp³-hybridized carbons (Fsp3) is 0.312. The predicted octanol–water partition coefficient (Wildman–Crippen LogP) is 3.90. The molecule has 4 heteroatoms. The lowest BCUT2D eigenvalue weighted by Gasteiger charge is -2.23. The Labute approximate surface area is 117 Å². The van der Waals surface area contributed by atoms with Gasteiger partial charge in [0.15, 0.2) is 0 Å². The molecule has 0 radical (unpaired) electrons. The Morgan fingerprint density at radius 1 is 1.30 bits per heavy atom. The largest absolute Gasteiger partial charge is 0.461 e. The van der Waals surface area contributed by atoms with Crippen LogP contribution in [0.2, 0.25) is 0 Å². The zero-order chi connectivity index (χ0) is 14.9. The van der Waals surface area contributed by atoms with E-state index in [-0.39, 0.29) is 11.2 Å². The Morgan fingerprint density at radius 3 is 2.55 bits per heavy atom. The highest BCUT2D eigenvalue weighted by molar-refractivity contribution is 5.96. The minimum atomic E-state index is -0.970. The van der Waals surface area contributed by atoms with Crippen molar-refractivity contribution in [2.45, 2.75) is 26.2 Å². The molecule has 104 valence electrons. The van der Waals surface area contributed by atoms with Crippen LogP contribution in [0.15, 0.2) is 24.3 Å². The van der Waals surface area contributed by atoms with Crippen LogP contribution in [0.1, 0.15) is 31.9 Å². The van der Waals surface area contributed by atoms with Gasteiger partial charge in [-0.3, -0.25) is 0 Å². The highest BCUT2D eigenvalue weighted by atomic mass is 19.1. The first kappa shape index (κ1) is 14.1. The first-order valence-corrected chi connectivity index (χ1v) is 6.34. The molecule has 0 amide bonds. The lowest BCUT2D eigenvalue weighted by molar-refractivity contribution is 0.193. The zero-order valence-electron chi connectivity index (χ0n) is 11.8. The molecular formula is C16H17FN2O. The van der Waals surface area contributed by atoms with Crippen molar-refractivity contribution < 1.29 is 9.13 Å². The van der Waals surface area contributed by atoms with Crippen molar-refractivity contribution in [3.63, 3.8) is 0 Å². The van der Waals surface area contributed by atoms with Crippen molar-refractivity contribution in [2.75, 3.05) is 12.6 Å². The average molecular weight is 272 g/mol. The van der Waals surface area contributed by atoms with E-state index in [1.54, 1.807) is 12.1 Å². The van der Waals surface area contributed by atoms with Gasteiger partial charge < -0.3 is 10.5 Å². The smallest absolute Gasteiger partial charge is 0.228 e. The second-order valence-electron chi connectivity index (χ2n) is 5.72. The van der Waals surface area contributed by atoms with Crippen LogP contribution in [0.5, 0.6) is 5.75 Å². The molecule has 0 fully saturated rings. The molecule has 2 N–H and O–H groups in total. The first-order chi connectivity index (χ1) is 9.38. The van der Waals surface area contributed by atoms with Crippen molar-refractivity contribution in [3.05, 3.63) is 35.4 Å². The van der Waals surface area contributed by atoms with E-state index in [1.807, 2.05) is 39.0 Å². The Bertz CT molecular complexity index is 696. The molecule has 2 rings (SSSR count). The standard InChI is InChI=1S/C16H17FN2O/c1-16(2,3)13-7-12(19)6-10-4-5-11(8-18)15(14(10)13)20-9-17/h4-7H,9,19H2,1-3H3. The van der Waals surface area contributed by atoms with Crippen molar-refractivity contribution in [1.82, 2.24) is 0 Å². The molecule has 0 aliphatic carbocycles. The Hall–Kier alpha value is -2.28. The lowest BCUT2D eigenvalue weighted by Crippen LogP contribution is -2.13. The molecule has 3 nitrogen and oxygen atoms in total. The van der Waals surface area contributed by atoms with E-state index in [2.05, 4.69) is 0 Å². The molecule has 0 aromatic heterocycles. The third-order valence-corrected chi connectivity index (χ3v) is 3.22. The van der Waals surface area contributed by atoms with E-state index in [0.717, 1.165) is 16.3 Å². The summed E-state index contributed by atoms with van der Waals surface area (Å²) in [6.07, 6.45) is 0. The van der Waals surface area contributed by atoms with E-state index >= 15 is 0 Å². The summed E-state index contributed by atoms with van der Waals surface area (Å²) in [7, 11) is 0. The van der Waals surface area contributed by atoms with Gasteiger partial charge in [0.1, 0.15) is 11.8 Å². The van der Waals surface area contributed by atoms with Crippen molar-refractivity contribution >= 4 is 16.5 Å². The number of nitriles is 1. The molecule has 20 heavy (non-hydrogen) atoms. The molecule has 0 aliphatic heterocycles. The SMILES string of the molecule is CC(C)(C)c1cc(N)cc2ccc(C#N)c(OCF)c12. The van der Waals surface area contributed by atoms with Gasteiger partial charge in [-0.2, -0.15) is 5.26 Å². The number of fused-ring (bicyclic) bond motifs is 1. The summed E-state index contributed by atoms with van der Waals surface area (Å²) in [6.45, 7) is 5.15. The van der Waals surface area contributed by atoms with Crippen LogP contribution in [0, 0.1) is 11.3 Å². The van der Waals surface area contributed by atoms with Crippen LogP contribution in [-0.2, 0) is 5.41 Å². The highest BCUT2D eigenvalue weighted by Crippen LogP contribution is 2.39. The van der Waals surface area contributed by atoms with E-state index in [0.29, 0.717) is 11.3 Å². The maximum absolute atomic E-state index is 12.7. The molecule has 0 atom stereocenters. The van der Waals surface area contributed by atoms with Gasteiger partial charge in [0.2, 0.25) is 6.86 Å². The maximum Gasteiger partial charge on any atom is 0.228 e. The molecule has 0 bridgehead atoms. The zero-order valence-corrected chi connectivity index (χ0v) is 11.8. The van der Waals surface area contributed by atoms with Crippen LogP contribution in [-0.4, -0.2) is 6.86 Å². The number of benzene rings is 2. The molecule has 0 spiro atoms. The molecule has 0 saturated carbocycles. The first-order valence-electron chi connectivity index (χ1n) is 6.34. The van der Waals surface area contributed by atoms with E-state index in [1.165, 1.54) is 0 Å². The lowest BCUT2D eigenvalue weighted by atomic mass is 9.82. The van der Waals surface area contributed by atoms with Gasteiger partial charge in [-0.1, -0.05) is 26.8 Å². The van der Waals surface area contributed by atoms with Crippen molar-refractivity contribution in [3.8, 4) is 11.8 Å². The summed E-state index contributed by atoms with van der Waals surface area (Å²) in [6, 6.07) is 9.14. The summed E-state index contributed by atoms with van der Waals surface area (Å²) in [5.41, 5.74) is 7.64. The molecule has 2 aromatic carbocycles. The van der Waals surface area contributed by atoms with Gasteiger partial charge >= 0.3 is 0 Å². The molecule has 0 aliphatic rings. The monoisotopic (exact) mass is 272 g/mol. The molecular weight excluding hydrogens is 255 g/mol. The molecule has 2 aromatic rings. The van der Waals surface area contributed by atoms with Crippen LogP contribution in [0.25, 0.3) is 10.8 Å². The van der Waals surface area contributed by atoms with Crippen LogP contribution in [0.4, 0.5) is 10.1 Å². The number of rotatable bonds is 2. The van der Waals surface area contributed by atoms with Gasteiger partial charge in [0.05, 0.1) is 5.56 Å². The molecule has 0 unspecified atom stereocenters. The van der Waals surface area contributed by atoms with Gasteiger partial charge in [0, 0.05) is 11.1 Å². The number of nitrogens with two attached hydrogens (primary N) is 1. The molecule has 0 heterocycles. The number of anilines is 1. The van der Waals surface area contributed by atoms with Crippen LogP contribution in [0.3, 0.4) is 0 Å². The summed E-state index contributed by atoms with van der Waals surface area (Å²) >= 11 is 0. The summed E-state index contributed by atoms with van der Waals surface area (Å²) < 4.78 is 17.8. The Balaban J connectivity index is 2.94. The highest BCUT2D eigenvalue weighted by Gasteiger charge is 2.22. The normalized spacial score (nSPS) is 11.3. The van der Waals surface area contributed by atoms with E-state index < -0.39 is 6.86 Å². The average Bonchev–Trinajstić information content (AvgIpc) is 2.37. The number of alkyl halides is 1. The third-order valence-electron chi connectivity index (χ3n) is 3.22. The van der Waals surface area contributed by atoms with Crippen LogP contribution >= 0.6 is 0 Å². The maximum atomic E-state index is 12.7. The number of nitrogen functional groups attached to an aromatic ring is 1. The number of halogens is 1. The van der Waals surface area contributed by atoms with Gasteiger partial charge in [0.25, 0.3) is 0 Å². The quantitative estimate of drug-likeness (QED) is 0.843. The van der Waals surface area contributed by atoms with Crippen molar-refractivity contribution in [2.24, 2.45) is 0 Å². The topological polar surface area (TPSA) is 59.0 Å². The number of ether oxygens (including phenoxy) is 1. The minimum Gasteiger partial charge on any atom is -0.461 e. The van der Waals surface area contributed by atoms with Gasteiger partial charge in [-0.15, -0.1) is 0 Å². The summed E-state index contributed by atoms with van der Waals surface area (Å²) in [5, 5.41) is 10.8. The van der Waals surface area contributed by atoms with Gasteiger partial charge in [-0.05, 0) is 34.6 Å². The summed E-state index contributed by atoms with van der Waals surface area (Å²) in [4.78, 5) is 0. The Kier molecular flexibility index (Phi) is 3.54. The fourth-order valence-electron chi connectivity index (χ4n) is 2.34. The van der Waals surface area contributed by atoms with Crippen LogP contribution < -0.4 is 10.5 Å². The van der Waals surface area contributed by atoms with Crippen molar-refractivity contribution in [1.29, 1.82) is 5.26 Å². The third kappa shape index (κ3) is 2.39. The minimum absolute atomic E-state index is 0.198. The number of nitrogens with zero attached hydrogens (tertiary/aromatic N) is 1. The fourth-order valence-corrected chi connectivity index (χ4v) is 2.34. The van der Waals surface area contributed by atoms with E-state index in [4.69, 9.17) is 10.5 Å². The second-order valence-corrected chi connectivity index (χ2v) is 5.72. The second kappa shape index (κ2) is 5.01.